The van der Waals surface area contributed by atoms with Crippen LogP contribution in [0.4, 0.5) is 0 Å². The first-order valence-corrected chi connectivity index (χ1v) is 6.41. The van der Waals surface area contributed by atoms with Crippen LogP contribution in [0.5, 0.6) is 0 Å². The van der Waals surface area contributed by atoms with Crippen molar-refractivity contribution in [2.24, 2.45) is 28.4 Å². The maximum Gasteiger partial charge on any atom is 0.0118 e. The second-order valence-electron chi connectivity index (χ2n) is 5.97. The van der Waals surface area contributed by atoms with Crippen LogP contribution in [0.3, 0.4) is 0 Å². The quantitative estimate of drug-likeness (QED) is 0.649. The van der Waals surface area contributed by atoms with Crippen molar-refractivity contribution >= 4 is 12.8 Å². The molecule has 0 saturated heterocycles. The molecule has 2 nitrogen and oxygen atoms in total. The molecular formula is C12H26N2S. The Hall–Kier alpha value is 0.270. The van der Waals surface area contributed by atoms with Crippen LogP contribution in [0.2, 0.25) is 0 Å². The van der Waals surface area contributed by atoms with Gasteiger partial charge in [-0.3, -0.25) is 4.72 Å². The van der Waals surface area contributed by atoms with Gasteiger partial charge in [0.1, 0.15) is 0 Å². The van der Waals surface area contributed by atoms with Crippen LogP contribution in [0.1, 0.15) is 40.5 Å². The third-order valence-electron chi connectivity index (χ3n) is 5.01. The predicted octanol–water partition coefficient (Wildman–Crippen LogP) is 2.46. The van der Waals surface area contributed by atoms with E-state index in [1.807, 2.05) is 0 Å². The van der Waals surface area contributed by atoms with E-state index in [1.54, 1.807) is 0 Å². The van der Waals surface area contributed by atoms with Crippen LogP contribution in [0, 0.1) is 22.7 Å². The topological polar surface area (TPSA) is 38.0 Å². The van der Waals surface area contributed by atoms with E-state index in [0.29, 0.717) is 10.8 Å². The summed E-state index contributed by atoms with van der Waals surface area (Å²) in [5.74, 6) is 1.49. The highest BCUT2D eigenvalue weighted by atomic mass is 32.1. The van der Waals surface area contributed by atoms with Gasteiger partial charge in [-0.1, -0.05) is 40.5 Å². The minimum Gasteiger partial charge on any atom is -0.330 e. The molecule has 3 atom stereocenters. The van der Waals surface area contributed by atoms with Crippen LogP contribution < -0.4 is 10.5 Å². The number of hydrogen-bond donors (Lipinski definition) is 3. The van der Waals surface area contributed by atoms with Crippen molar-refractivity contribution in [2.45, 2.75) is 40.5 Å². The molecule has 1 aliphatic rings. The summed E-state index contributed by atoms with van der Waals surface area (Å²) in [6, 6.07) is 0. The Balaban J connectivity index is 2.85. The van der Waals surface area contributed by atoms with Gasteiger partial charge in [-0.2, -0.15) is 0 Å². The Labute approximate surface area is 99.9 Å². The lowest BCUT2D eigenvalue weighted by Gasteiger charge is -2.41. The third kappa shape index (κ3) is 2.20. The second-order valence-corrected chi connectivity index (χ2v) is 6.28. The Morgan fingerprint density at radius 1 is 1.40 bits per heavy atom. The molecule has 1 saturated carbocycles. The number of nitrogens with one attached hydrogen (secondary N) is 1. The van der Waals surface area contributed by atoms with Crippen molar-refractivity contribution in [3.05, 3.63) is 0 Å². The molecule has 1 aliphatic carbocycles. The summed E-state index contributed by atoms with van der Waals surface area (Å²) in [7, 11) is 0. The Morgan fingerprint density at radius 3 is 2.47 bits per heavy atom. The molecule has 90 valence electrons. The summed E-state index contributed by atoms with van der Waals surface area (Å²) in [6.45, 7) is 11.3. The molecular weight excluding hydrogens is 204 g/mol. The van der Waals surface area contributed by atoms with E-state index in [9.17, 15) is 0 Å². The van der Waals surface area contributed by atoms with Gasteiger partial charge >= 0.3 is 0 Å². The monoisotopic (exact) mass is 230 g/mol. The lowest BCUT2D eigenvalue weighted by molar-refractivity contribution is 0.0943. The maximum absolute atomic E-state index is 5.69. The van der Waals surface area contributed by atoms with E-state index < -0.39 is 0 Å². The Morgan fingerprint density at radius 2 is 2.00 bits per heavy atom. The molecule has 3 N–H and O–H groups in total. The molecule has 0 radical (unpaired) electrons. The van der Waals surface area contributed by atoms with Gasteiger partial charge in [-0.15, -0.1) is 0 Å². The third-order valence-corrected chi connectivity index (χ3v) is 5.17. The summed E-state index contributed by atoms with van der Waals surface area (Å²) >= 11 is 4.18. The first kappa shape index (κ1) is 13.3. The standard InChI is InChI=1S/C12H26N2S/c1-9-10(5-6-13)7-11(2,3)12(9,4)8-14-15/h9-10,14-15H,5-8,13H2,1-4H3. The van der Waals surface area contributed by atoms with Crippen LogP contribution in [-0.2, 0) is 0 Å². The van der Waals surface area contributed by atoms with Gasteiger partial charge < -0.3 is 5.73 Å². The van der Waals surface area contributed by atoms with E-state index in [0.717, 1.165) is 31.3 Å². The smallest absolute Gasteiger partial charge is 0.0118 e. The highest BCUT2D eigenvalue weighted by Gasteiger charge is 2.53. The molecule has 15 heavy (non-hydrogen) atoms. The van der Waals surface area contributed by atoms with Crippen molar-refractivity contribution in [2.75, 3.05) is 13.1 Å². The van der Waals surface area contributed by atoms with E-state index in [-0.39, 0.29) is 0 Å². The van der Waals surface area contributed by atoms with Gasteiger partial charge in [0.05, 0.1) is 0 Å². The first-order valence-electron chi connectivity index (χ1n) is 5.96. The van der Waals surface area contributed by atoms with E-state index in [1.165, 1.54) is 6.42 Å². The number of rotatable bonds is 4. The molecule has 0 aromatic carbocycles. The highest BCUT2D eigenvalue weighted by Crippen LogP contribution is 2.58. The molecule has 0 heterocycles. The SMILES string of the molecule is CC1C(CCN)CC(C)(C)C1(C)CNS. The molecule has 3 heteroatoms. The van der Waals surface area contributed by atoms with Gasteiger partial charge in [0.2, 0.25) is 0 Å². The highest BCUT2D eigenvalue weighted by molar-refractivity contribution is 7.78. The van der Waals surface area contributed by atoms with Crippen molar-refractivity contribution in [1.29, 1.82) is 0 Å². The maximum atomic E-state index is 5.69. The predicted molar refractivity (Wildman–Crippen MR) is 69.8 cm³/mol. The molecule has 0 aromatic rings. The van der Waals surface area contributed by atoms with Crippen LogP contribution in [0.15, 0.2) is 0 Å². The van der Waals surface area contributed by atoms with E-state index in [2.05, 4.69) is 45.2 Å². The fraction of sp³-hybridized carbons (Fsp3) is 1.00. The minimum absolute atomic E-state index is 0.328. The fourth-order valence-electron chi connectivity index (χ4n) is 3.33. The van der Waals surface area contributed by atoms with Crippen LogP contribution >= 0.6 is 12.8 Å². The number of thiol groups is 1. The van der Waals surface area contributed by atoms with Crippen molar-refractivity contribution in [1.82, 2.24) is 4.72 Å². The van der Waals surface area contributed by atoms with Gasteiger partial charge in [0.25, 0.3) is 0 Å². The molecule has 0 aromatic heterocycles. The fourth-order valence-corrected chi connectivity index (χ4v) is 3.66. The lowest BCUT2D eigenvalue weighted by Crippen LogP contribution is -2.41. The zero-order chi connectivity index (χ0) is 11.7. The summed E-state index contributed by atoms with van der Waals surface area (Å²) in [5, 5.41) is 0. The van der Waals surface area contributed by atoms with Crippen molar-refractivity contribution in [3.63, 3.8) is 0 Å². The van der Waals surface area contributed by atoms with Crippen molar-refractivity contribution in [3.8, 4) is 0 Å². The zero-order valence-electron chi connectivity index (χ0n) is 10.5. The molecule has 1 rings (SSSR count). The molecule has 0 aliphatic heterocycles. The molecule has 0 amide bonds. The van der Waals surface area contributed by atoms with Gasteiger partial charge in [0, 0.05) is 6.54 Å². The largest absolute Gasteiger partial charge is 0.330 e. The molecule has 1 fully saturated rings. The number of nitrogens with two attached hydrogens (primary N) is 1. The lowest BCUT2D eigenvalue weighted by atomic mass is 9.66. The molecule has 0 spiro atoms. The Kier molecular flexibility index (Phi) is 4.13. The first-order chi connectivity index (χ1) is 6.89. The summed E-state index contributed by atoms with van der Waals surface area (Å²) in [4.78, 5) is 0. The zero-order valence-corrected chi connectivity index (χ0v) is 11.4. The van der Waals surface area contributed by atoms with Gasteiger partial charge in [0.15, 0.2) is 0 Å². The van der Waals surface area contributed by atoms with Crippen molar-refractivity contribution < 1.29 is 0 Å². The van der Waals surface area contributed by atoms with E-state index in [4.69, 9.17) is 5.73 Å². The summed E-state index contributed by atoms with van der Waals surface area (Å²) < 4.78 is 3.06. The summed E-state index contributed by atoms with van der Waals surface area (Å²) in [5.41, 5.74) is 6.40. The molecule has 0 bridgehead atoms. The van der Waals surface area contributed by atoms with E-state index >= 15 is 0 Å². The average molecular weight is 230 g/mol. The molecule has 3 unspecified atom stereocenters. The number of hydrogen-bond acceptors (Lipinski definition) is 3. The summed E-state index contributed by atoms with van der Waals surface area (Å²) in [6.07, 6.45) is 2.45. The second kappa shape index (κ2) is 4.64. The Bertz CT molecular complexity index is 218. The van der Waals surface area contributed by atoms with Gasteiger partial charge in [-0.25, -0.2) is 0 Å². The van der Waals surface area contributed by atoms with Gasteiger partial charge in [-0.05, 0) is 42.1 Å². The normalized spacial score (nSPS) is 39.6. The van der Waals surface area contributed by atoms with Crippen LogP contribution in [-0.4, -0.2) is 13.1 Å². The van der Waals surface area contributed by atoms with Crippen LogP contribution in [0.25, 0.3) is 0 Å². The minimum atomic E-state index is 0.328. The average Bonchev–Trinajstić information content (AvgIpc) is 2.29.